The van der Waals surface area contributed by atoms with E-state index in [1.165, 1.54) is 49.1 Å². The maximum Gasteiger partial charge on any atom is 0.220 e. The molecule has 1 aliphatic heterocycles. The summed E-state index contributed by atoms with van der Waals surface area (Å²) in [5.41, 5.74) is 0.442. The van der Waals surface area contributed by atoms with E-state index in [9.17, 15) is 8.42 Å². The number of piperazine rings is 1. The fourth-order valence-electron chi connectivity index (χ4n) is 4.17. The van der Waals surface area contributed by atoms with E-state index in [2.05, 4.69) is 20.4 Å². The molecule has 0 spiro atoms. The van der Waals surface area contributed by atoms with Crippen molar-refractivity contribution < 1.29 is 12.9 Å². The van der Waals surface area contributed by atoms with Crippen LogP contribution in [0.15, 0.2) is 21.8 Å². The van der Waals surface area contributed by atoms with E-state index < -0.39 is 10.0 Å². The molecular formula is C19H34IN5O3S. The number of rotatable bonds is 7. The molecule has 2 heterocycles. The zero-order valence-electron chi connectivity index (χ0n) is 17.3. The van der Waals surface area contributed by atoms with Crippen LogP contribution in [0.25, 0.3) is 0 Å². The Labute approximate surface area is 191 Å². The van der Waals surface area contributed by atoms with Gasteiger partial charge in [-0.15, -0.1) is 24.0 Å². The van der Waals surface area contributed by atoms with E-state index in [0.29, 0.717) is 31.9 Å². The maximum atomic E-state index is 12.5. The van der Waals surface area contributed by atoms with Crippen molar-refractivity contribution in [1.82, 2.24) is 19.7 Å². The third-order valence-corrected chi connectivity index (χ3v) is 7.57. The molecule has 2 fully saturated rings. The fraction of sp³-hybridized carbons (Fsp3) is 0.789. The van der Waals surface area contributed by atoms with E-state index in [1.54, 1.807) is 13.1 Å². The summed E-state index contributed by atoms with van der Waals surface area (Å²) >= 11 is 0. The second-order valence-corrected chi connectivity index (χ2v) is 9.72. The first-order chi connectivity index (χ1) is 13.6. The predicted octanol–water partition coefficient (Wildman–Crippen LogP) is 2.68. The lowest BCUT2D eigenvalue weighted by Gasteiger charge is -2.35. The number of sulfonamides is 1. The molecule has 8 nitrogen and oxygen atoms in total. The molecule has 3 rings (SSSR count). The first kappa shape index (κ1) is 24.4. The zero-order valence-corrected chi connectivity index (χ0v) is 20.4. The fourth-order valence-corrected chi connectivity index (χ4v) is 5.59. The van der Waals surface area contributed by atoms with Gasteiger partial charge in [0, 0.05) is 45.8 Å². The molecular weight excluding hydrogens is 505 g/mol. The highest BCUT2D eigenvalue weighted by molar-refractivity contribution is 14.0. The number of guanidine groups is 1. The minimum atomic E-state index is -3.37. The Hall–Kier alpha value is -0.880. The number of hydrogen-bond acceptors (Lipinski definition) is 5. The van der Waals surface area contributed by atoms with Gasteiger partial charge in [0.05, 0.1) is 5.69 Å². The first-order valence-electron chi connectivity index (χ1n) is 10.4. The number of nitrogens with one attached hydrogen (secondary N) is 1. The van der Waals surface area contributed by atoms with Gasteiger partial charge in [0.1, 0.15) is 12.0 Å². The number of nitrogens with zero attached hydrogens (tertiary/aromatic N) is 4. The Kier molecular flexibility index (Phi) is 10.2. The maximum absolute atomic E-state index is 12.5. The lowest BCUT2D eigenvalue weighted by Crippen LogP contribution is -2.54. The molecule has 1 aliphatic carbocycles. The molecule has 2 aliphatic rings. The van der Waals surface area contributed by atoms with Gasteiger partial charge in [-0.3, -0.25) is 4.99 Å². The number of aliphatic imine (C=N–C) groups is 1. The lowest BCUT2D eigenvalue weighted by molar-refractivity contribution is 0.259. The average molecular weight is 539 g/mol. The minimum absolute atomic E-state index is 0. The van der Waals surface area contributed by atoms with Gasteiger partial charge in [0.25, 0.3) is 0 Å². The van der Waals surface area contributed by atoms with Gasteiger partial charge in [-0.05, 0) is 18.8 Å². The standard InChI is InChI=1S/C19H33N5O3S.HI/c1-20-19(21-10-5-8-17-6-3-2-4-7-17)23-11-13-24(14-12-23)28(25,26)16-18-9-15-27-22-18;/h9,15,17H,2-8,10-14,16H2,1H3,(H,20,21);1H. The van der Waals surface area contributed by atoms with Crippen LogP contribution >= 0.6 is 24.0 Å². The Bertz CT molecular complexity index is 712. The molecule has 0 atom stereocenters. The van der Waals surface area contributed by atoms with Crippen LogP contribution in [-0.2, 0) is 15.8 Å². The molecule has 0 radical (unpaired) electrons. The molecule has 0 aromatic carbocycles. The number of hydrogen-bond donors (Lipinski definition) is 1. The van der Waals surface area contributed by atoms with Crippen molar-refractivity contribution in [2.45, 2.75) is 50.7 Å². The molecule has 0 unspecified atom stereocenters. The van der Waals surface area contributed by atoms with Crippen molar-refractivity contribution in [3.05, 3.63) is 18.0 Å². The molecule has 1 aromatic rings. The van der Waals surface area contributed by atoms with Crippen LogP contribution in [0, 0.1) is 5.92 Å². The summed E-state index contributed by atoms with van der Waals surface area (Å²) in [6, 6.07) is 1.59. The van der Waals surface area contributed by atoms with Crippen LogP contribution in [0.4, 0.5) is 0 Å². The smallest absolute Gasteiger partial charge is 0.220 e. The van der Waals surface area contributed by atoms with Crippen LogP contribution < -0.4 is 5.32 Å². The summed E-state index contributed by atoms with van der Waals surface area (Å²) in [6.07, 6.45) is 10.8. The second-order valence-electron chi connectivity index (χ2n) is 7.75. The molecule has 0 bridgehead atoms. The van der Waals surface area contributed by atoms with Crippen LogP contribution in [0.2, 0.25) is 0 Å². The van der Waals surface area contributed by atoms with Crippen LogP contribution in [0.3, 0.4) is 0 Å². The molecule has 1 saturated heterocycles. The van der Waals surface area contributed by atoms with Gasteiger partial charge >= 0.3 is 0 Å². The topological polar surface area (TPSA) is 91.0 Å². The summed E-state index contributed by atoms with van der Waals surface area (Å²) in [6.45, 7) is 3.13. The molecule has 29 heavy (non-hydrogen) atoms. The molecule has 1 saturated carbocycles. The number of aromatic nitrogens is 1. The third kappa shape index (κ3) is 7.39. The molecule has 166 valence electrons. The van der Waals surface area contributed by atoms with E-state index in [0.717, 1.165) is 24.8 Å². The van der Waals surface area contributed by atoms with Crippen molar-refractivity contribution in [2.75, 3.05) is 39.8 Å². The highest BCUT2D eigenvalue weighted by atomic mass is 127. The Morgan fingerprint density at radius 3 is 2.59 bits per heavy atom. The van der Waals surface area contributed by atoms with Gasteiger partial charge in [-0.2, -0.15) is 4.31 Å². The van der Waals surface area contributed by atoms with Crippen molar-refractivity contribution in [2.24, 2.45) is 10.9 Å². The minimum Gasteiger partial charge on any atom is -0.364 e. The number of halogens is 1. The third-order valence-electron chi connectivity index (χ3n) is 5.76. The first-order valence-corrected chi connectivity index (χ1v) is 12.0. The van der Waals surface area contributed by atoms with E-state index >= 15 is 0 Å². The largest absolute Gasteiger partial charge is 0.364 e. The van der Waals surface area contributed by atoms with Gasteiger partial charge in [-0.25, -0.2) is 8.42 Å². The molecule has 10 heteroatoms. The summed E-state index contributed by atoms with van der Waals surface area (Å²) in [5, 5.41) is 7.16. The Morgan fingerprint density at radius 2 is 1.97 bits per heavy atom. The van der Waals surface area contributed by atoms with Crippen molar-refractivity contribution >= 4 is 40.0 Å². The monoisotopic (exact) mass is 539 g/mol. The van der Waals surface area contributed by atoms with Crippen LogP contribution in [-0.4, -0.2) is 68.5 Å². The van der Waals surface area contributed by atoms with Crippen molar-refractivity contribution in [1.29, 1.82) is 0 Å². The molecule has 0 amide bonds. The van der Waals surface area contributed by atoms with Gasteiger partial charge in [-0.1, -0.05) is 37.3 Å². The van der Waals surface area contributed by atoms with Gasteiger partial charge in [0.15, 0.2) is 5.96 Å². The summed E-state index contributed by atoms with van der Waals surface area (Å²) < 4.78 is 31.3. The van der Waals surface area contributed by atoms with Crippen LogP contribution in [0.5, 0.6) is 0 Å². The Morgan fingerprint density at radius 1 is 1.24 bits per heavy atom. The van der Waals surface area contributed by atoms with E-state index in [1.807, 2.05) is 0 Å². The normalized spacial score (nSPS) is 19.8. The summed E-state index contributed by atoms with van der Waals surface area (Å²) in [5.74, 6) is 1.66. The van der Waals surface area contributed by atoms with Crippen molar-refractivity contribution in [3.8, 4) is 0 Å². The van der Waals surface area contributed by atoms with Gasteiger partial charge in [0.2, 0.25) is 10.0 Å². The van der Waals surface area contributed by atoms with Crippen LogP contribution in [0.1, 0.15) is 50.6 Å². The van der Waals surface area contributed by atoms with Gasteiger partial charge < -0.3 is 14.7 Å². The highest BCUT2D eigenvalue weighted by Gasteiger charge is 2.29. The summed E-state index contributed by atoms with van der Waals surface area (Å²) in [7, 11) is -1.58. The second kappa shape index (κ2) is 12.1. The molecule has 1 aromatic heterocycles. The average Bonchev–Trinajstić information content (AvgIpc) is 3.21. The quantitative estimate of drug-likeness (QED) is 0.248. The highest BCUT2D eigenvalue weighted by Crippen LogP contribution is 2.27. The van der Waals surface area contributed by atoms with E-state index in [4.69, 9.17) is 4.52 Å². The SMILES string of the molecule is CN=C(NCCCC1CCCCC1)N1CCN(S(=O)(=O)Cc2ccon2)CC1.I. The summed E-state index contributed by atoms with van der Waals surface area (Å²) in [4.78, 5) is 6.53. The molecule has 1 N–H and O–H groups in total. The Balaban J connectivity index is 0.00000300. The van der Waals surface area contributed by atoms with Crippen molar-refractivity contribution in [3.63, 3.8) is 0 Å². The predicted molar refractivity (Wildman–Crippen MR) is 125 cm³/mol. The zero-order chi connectivity index (χ0) is 19.8. The van der Waals surface area contributed by atoms with E-state index in [-0.39, 0.29) is 29.7 Å². The lowest BCUT2D eigenvalue weighted by atomic mass is 9.86.